The Bertz CT molecular complexity index is 754. The third kappa shape index (κ3) is 1.36. The largest absolute Gasteiger partial charge is 0.325 e. The molecule has 0 fully saturated rings. The van der Waals surface area contributed by atoms with Gasteiger partial charge in [-0.2, -0.15) is 0 Å². The van der Waals surface area contributed by atoms with Crippen molar-refractivity contribution in [2.75, 3.05) is 0 Å². The summed E-state index contributed by atoms with van der Waals surface area (Å²) < 4.78 is 0. The molecule has 2 N–H and O–H groups in total. The average Bonchev–Trinajstić information content (AvgIpc) is 2.72. The number of fused-ring (bicyclic) bond motifs is 3. The minimum atomic E-state index is -0.806. The Labute approximate surface area is 115 Å². The summed E-state index contributed by atoms with van der Waals surface area (Å²) in [6.45, 7) is 0. The van der Waals surface area contributed by atoms with Crippen molar-refractivity contribution in [1.29, 1.82) is 0 Å². The van der Waals surface area contributed by atoms with E-state index in [1.165, 1.54) is 0 Å². The highest BCUT2D eigenvalue weighted by molar-refractivity contribution is 6.03. The molecule has 0 aromatic heterocycles. The standard InChI is InChI=1S/C16H12N2O2/c19-14-11-6-2-1-5-10(11)9-16(17-14)13-8-4-3-7-12(13)15(20)18-16/h1-8H,9H2,(H,17,19)(H,18,20). The molecule has 4 heteroatoms. The zero-order valence-electron chi connectivity index (χ0n) is 10.6. The van der Waals surface area contributed by atoms with Crippen molar-refractivity contribution >= 4 is 11.8 Å². The first-order chi connectivity index (χ1) is 9.70. The van der Waals surface area contributed by atoms with Gasteiger partial charge in [-0.1, -0.05) is 36.4 Å². The fourth-order valence-corrected chi connectivity index (χ4v) is 3.11. The lowest BCUT2D eigenvalue weighted by atomic mass is 9.86. The smallest absolute Gasteiger partial charge is 0.253 e. The SMILES string of the molecule is O=C1NC2(Cc3ccccc31)NC(=O)c1ccccc12. The van der Waals surface area contributed by atoms with Gasteiger partial charge in [-0.15, -0.1) is 0 Å². The topological polar surface area (TPSA) is 58.2 Å². The van der Waals surface area contributed by atoms with E-state index >= 15 is 0 Å². The van der Waals surface area contributed by atoms with Crippen LogP contribution in [0.2, 0.25) is 0 Å². The predicted octanol–water partition coefficient (Wildman–Crippen LogP) is 1.57. The van der Waals surface area contributed by atoms with Crippen LogP contribution in [0.15, 0.2) is 48.5 Å². The van der Waals surface area contributed by atoms with Crippen LogP contribution in [0.25, 0.3) is 0 Å². The van der Waals surface area contributed by atoms with Crippen molar-refractivity contribution in [2.45, 2.75) is 12.1 Å². The summed E-state index contributed by atoms with van der Waals surface area (Å²) in [5.41, 5.74) is 2.30. The van der Waals surface area contributed by atoms with Gasteiger partial charge in [0.15, 0.2) is 0 Å². The van der Waals surface area contributed by atoms with Crippen molar-refractivity contribution < 1.29 is 9.59 Å². The lowest BCUT2D eigenvalue weighted by molar-refractivity contribution is 0.0812. The Morgan fingerprint density at radius 2 is 1.40 bits per heavy atom. The molecule has 2 amide bonds. The summed E-state index contributed by atoms with van der Waals surface area (Å²) in [4.78, 5) is 24.4. The number of hydrogen-bond acceptors (Lipinski definition) is 2. The molecular weight excluding hydrogens is 252 g/mol. The van der Waals surface area contributed by atoms with E-state index in [0.717, 1.165) is 11.1 Å². The molecule has 4 rings (SSSR count). The van der Waals surface area contributed by atoms with Gasteiger partial charge in [0, 0.05) is 23.1 Å². The summed E-state index contributed by atoms with van der Waals surface area (Å²) in [5, 5.41) is 5.90. The lowest BCUT2D eigenvalue weighted by Crippen LogP contribution is -2.58. The van der Waals surface area contributed by atoms with Crippen LogP contribution in [0.4, 0.5) is 0 Å². The van der Waals surface area contributed by atoms with E-state index in [-0.39, 0.29) is 11.8 Å². The fourth-order valence-electron chi connectivity index (χ4n) is 3.11. The number of nitrogens with one attached hydrogen (secondary N) is 2. The third-order valence-corrected chi connectivity index (χ3v) is 4.00. The quantitative estimate of drug-likeness (QED) is 0.758. The molecular formula is C16H12N2O2. The summed E-state index contributed by atoms with van der Waals surface area (Å²) in [7, 11) is 0. The molecule has 2 aromatic rings. The molecule has 0 saturated heterocycles. The number of carbonyl (C=O) groups excluding carboxylic acids is 2. The minimum Gasteiger partial charge on any atom is -0.325 e. The summed E-state index contributed by atoms with van der Waals surface area (Å²) >= 11 is 0. The molecule has 2 heterocycles. The van der Waals surface area contributed by atoms with Crippen LogP contribution in [-0.2, 0) is 12.1 Å². The zero-order chi connectivity index (χ0) is 13.7. The summed E-state index contributed by atoms with van der Waals surface area (Å²) in [6, 6.07) is 14.9. The van der Waals surface area contributed by atoms with Crippen LogP contribution in [-0.4, -0.2) is 11.8 Å². The second kappa shape index (κ2) is 3.70. The molecule has 1 spiro atoms. The van der Waals surface area contributed by atoms with Gasteiger partial charge in [0.25, 0.3) is 11.8 Å². The first-order valence-electron chi connectivity index (χ1n) is 6.52. The van der Waals surface area contributed by atoms with Crippen molar-refractivity contribution in [3.63, 3.8) is 0 Å². The van der Waals surface area contributed by atoms with Crippen molar-refractivity contribution in [3.05, 3.63) is 70.8 Å². The molecule has 98 valence electrons. The van der Waals surface area contributed by atoms with Gasteiger partial charge in [0.2, 0.25) is 0 Å². The maximum absolute atomic E-state index is 12.3. The van der Waals surface area contributed by atoms with E-state index in [0.29, 0.717) is 17.5 Å². The monoisotopic (exact) mass is 264 g/mol. The average molecular weight is 264 g/mol. The molecule has 20 heavy (non-hydrogen) atoms. The molecule has 2 aromatic carbocycles. The van der Waals surface area contributed by atoms with E-state index in [9.17, 15) is 9.59 Å². The van der Waals surface area contributed by atoms with Crippen LogP contribution < -0.4 is 10.6 Å². The molecule has 1 unspecified atom stereocenters. The van der Waals surface area contributed by atoms with Crippen molar-refractivity contribution in [1.82, 2.24) is 10.6 Å². The Kier molecular flexibility index (Phi) is 2.07. The molecule has 0 saturated carbocycles. The van der Waals surface area contributed by atoms with Gasteiger partial charge in [0.1, 0.15) is 5.66 Å². The first kappa shape index (κ1) is 11.2. The van der Waals surface area contributed by atoms with Gasteiger partial charge in [0.05, 0.1) is 0 Å². The maximum Gasteiger partial charge on any atom is 0.253 e. The summed E-state index contributed by atoms with van der Waals surface area (Å²) in [6.07, 6.45) is 0.567. The molecule has 2 aliphatic rings. The Morgan fingerprint density at radius 1 is 0.800 bits per heavy atom. The lowest BCUT2D eigenvalue weighted by Gasteiger charge is -2.36. The Balaban J connectivity index is 1.90. The van der Waals surface area contributed by atoms with Gasteiger partial charge < -0.3 is 10.6 Å². The van der Waals surface area contributed by atoms with E-state index in [4.69, 9.17) is 0 Å². The van der Waals surface area contributed by atoms with Crippen molar-refractivity contribution in [2.24, 2.45) is 0 Å². The van der Waals surface area contributed by atoms with Crippen molar-refractivity contribution in [3.8, 4) is 0 Å². The zero-order valence-corrected chi connectivity index (χ0v) is 10.6. The van der Waals surface area contributed by atoms with E-state index in [1.54, 1.807) is 12.1 Å². The second-order valence-corrected chi connectivity index (χ2v) is 5.19. The van der Waals surface area contributed by atoms with E-state index < -0.39 is 5.66 Å². The minimum absolute atomic E-state index is 0.139. The first-order valence-corrected chi connectivity index (χ1v) is 6.52. The molecule has 0 radical (unpaired) electrons. The van der Waals surface area contributed by atoms with E-state index in [1.807, 2.05) is 36.4 Å². The highest BCUT2D eigenvalue weighted by Gasteiger charge is 2.46. The highest BCUT2D eigenvalue weighted by atomic mass is 16.2. The van der Waals surface area contributed by atoms with E-state index in [2.05, 4.69) is 10.6 Å². The Hall–Kier alpha value is -2.62. The number of carbonyl (C=O) groups is 2. The fraction of sp³-hybridized carbons (Fsp3) is 0.125. The van der Waals surface area contributed by atoms with Crippen LogP contribution >= 0.6 is 0 Å². The van der Waals surface area contributed by atoms with Crippen LogP contribution in [0, 0.1) is 0 Å². The number of amides is 2. The molecule has 0 bridgehead atoms. The third-order valence-electron chi connectivity index (χ3n) is 4.00. The predicted molar refractivity (Wildman–Crippen MR) is 73.2 cm³/mol. The normalized spacial score (nSPS) is 23.0. The van der Waals surface area contributed by atoms with Crippen LogP contribution in [0.3, 0.4) is 0 Å². The highest BCUT2D eigenvalue weighted by Crippen LogP contribution is 2.35. The second-order valence-electron chi connectivity index (χ2n) is 5.19. The van der Waals surface area contributed by atoms with Crippen LogP contribution in [0.5, 0.6) is 0 Å². The van der Waals surface area contributed by atoms with Crippen LogP contribution in [0.1, 0.15) is 31.8 Å². The maximum atomic E-state index is 12.3. The van der Waals surface area contributed by atoms with Gasteiger partial charge >= 0.3 is 0 Å². The molecule has 2 aliphatic heterocycles. The number of hydrogen-bond donors (Lipinski definition) is 2. The summed E-state index contributed by atoms with van der Waals surface area (Å²) in [5.74, 6) is -0.288. The molecule has 0 aliphatic carbocycles. The molecule has 1 atom stereocenters. The van der Waals surface area contributed by atoms with Gasteiger partial charge in [-0.25, -0.2) is 0 Å². The van der Waals surface area contributed by atoms with Gasteiger partial charge in [-0.3, -0.25) is 9.59 Å². The Morgan fingerprint density at radius 3 is 2.20 bits per heavy atom. The van der Waals surface area contributed by atoms with Gasteiger partial charge in [-0.05, 0) is 17.7 Å². The number of benzene rings is 2. The molecule has 4 nitrogen and oxygen atoms in total. The number of rotatable bonds is 0.